The van der Waals surface area contributed by atoms with Crippen molar-refractivity contribution in [1.82, 2.24) is 5.32 Å². The summed E-state index contributed by atoms with van der Waals surface area (Å²) in [6.45, 7) is 1.76. The minimum absolute atomic E-state index is 0.0356. The van der Waals surface area contributed by atoms with Gasteiger partial charge in [-0.1, -0.05) is 19.1 Å². The Hall–Kier alpha value is -2.05. The Bertz CT molecular complexity index is 497. The van der Waals surface area contributed by atoms with Crippen LogP contribution in [0.25, 0.3) is 0 Å². The summed E-state index contributed by atoms with van der Waals surface area (Å²) in [6.07, 6.45) is -4.46. The second-order valence-corrected chi connectivity index (χ2v) is 4.72. The van der Waals surface area contributed by atoms with Gasteiger partial charge in [0.15, 0.2) is 0 Å². The van der Waals surface area contributed by atoms with Gasteiger partial charge in [0.2, 0.25) is 5.91 Å². The summed E-state index contributed by atoms with van der Waals surface area (Å²) in [5, 5.41) is 10.9. The van der Waals surface area contributed by atoms with Crippen LogP contribution >= 0.6 is 0 Å². The Labute approximate surface area is 120 Å². The number of benzene rings is 1. The highest BCUT2D eigenvalue weighted by molar-refractivity contribution is 5.77. The van der Waals surface area contributed by atoms with E-state index in [1.54, 1.807) is 6.92 Å². The average molecular weight is 303 g/mol. The fourth-order valence-electron chi connectivity index (χ4n) is 1.78. The number of carboxylic acids is 1. The number of amides is 1. The zero-order valence-electron chi connectivity index (χ0n) is 11.4. The van der Waals surface area contributed by atoms with Crippen molar-refractivity contribution in [3.8, 4) is 0 Å². The molecule has 21 heavy (non-hydrogen) atoms. The van der Waals surface area contributed by atoms with Gasteiger partial charge < -0.3 is 10.4 Å². The van der Waals surface area contributed by atoms with Crippen LogP contribution in [0.4, 0.5) is 13.2 Å². The molecule has 0 aliphatic rings. The number of hydrogen-bond acceptors (Lipinski definition) is 2. The smallest absolute Gasteiger partial charge is 0.416 e. The Balaban J connectivity index is 2.53. The van der Waals surface area contributed by atoms with Crippen molar-refractivity contribution < 1.29 is 27.9 Å². The number of alkyl halides is 3. The largest absolute Gasteiger partial charge is 0.481 e. The molecule has 0 aromatic heterocycles. The van der Waals surface area contributed by atoms with Crippen LogP contribution in [0.5, 0.6) is 0 Å². The van der Waals surface area contributed by atoms with Crippen molar-refractivity contribution in [1.29, 1.82) is 0 Å². The molecule has 0 saturated carbocycles. The highest BCUT2D eigenvalue weighted by atomic mass is 19.4. The van der Waals surface area contributed by atoms with Crippen molar-refractivity contribution in [3.63, 3.8) is 0 Å². The Kier molecular flexibility index (Phi) is 5.75. The van der Waals surface area contributed by atoms with Gasteiger partial charge in [0.05, 0.1) is 12.0 Å². The number of carboxylic acid groups (broad SMARTS) is 1. The van der Waals surface area contributed by atoms with Gasteiger partial charge in [-0.25, -0.2) is 0 Å². The normalized spacial score (nSPS) is 12.8. The third-order valence-electron chi connectivity index (χ3n) is 2.96. The molecule has 1 rings (SSSR count). The molecule has 1 aromatic carbocycles. The summed E-state index contributed by atoms with van der Waals surface area (Å²) in [5.74, 6) is -1.59. The van der Waals surface area contributed by atoms with Crippen molar-refractivity contribution in [2.24, 2.45) is 0 Å². The molecule has 116 valence electrons. The van der Waals surface area contributed by atoms with Gasteiger partial charge >= 0.3 is 12.1 Å². The van der Waals surface area contributed by atoms with Gasteiger partial charge in [0, 0.05) is 13.0 Å². The number of halogens is 3. The Morgan fingerprint density at radius 2 is 1.81 bits per heavy atom. The van der Waals surface area contributed by atoms with E-state index >= 15 is 0 Å². The number of carbonyl (C=O) groups excluding carboxylic acids is 1. The van der Waals surface area contributed by atoms with Gasteiger partial charge in [0.25, 0.3) is 0 Å². The standard InChI is InChI=1S/C14H16F3NO3/c1-9(8-12(19)18-7-6-13(20)21)10-2-4-11(5-3-10)14(15,16)17/h2-5,9H,6-8H2,1H3,(H,18,19)(H,20,21)/t9-/m1/s1. The lowest BCUT2D eigenvalue weighted by Gasteiger charge is -2.13. The van der Waals surface area contributed by atoms with Gasteiger partial charge in [-0.05, 0) is 23.6 Å². The van der Waals surface area contributed by atoms with Crippen molar-refractivity contribution >= 4 is 11.9 Å². The van der Waals surface area contributed by atoms with Gasteiger partial charge in [-0.3, -0.25) is 9.59 Å². The van der Waals surface area contributed by atoms with Crippen molar-refractivity contribution in [2.75, 3.05) is 6.54 Å². The Morgan fingerprint density at radius 3 is 2.29 bits per heavy atom. The summed E-state index contributed by atoms with van der Waals surface area (Å²) in [4.78, 5) is 21.8. The first-order chi connectivity index (χ1) is 9.70. The van der Waals surface area contributed by atoms with Gasteiger partial charge in [0.1, 0.15) is 0 Å². The zero-order valence-corrected chi connectivity index (χ0v) is 11.4. The third-order valence-corrected chi connectivity index (χ3v) is 2.96. The van der Waals surface area contributed by atoms with Crippen LogP contribution in [0.15, 0.2) is 24.3 Å². The number of carbonyl (C=O) groups is 2. The van der Waals surface area contributed by atoms with E-state index in [0.717, 1.165) is 12.1 Å². The first-order valence-electron chi connectivity index (χ1n) is 6.36. The predicted molar refractivity (Wildman–Crippen MR) is 69.7 cm³/mol. The topological polar surface area (TPSA) is 66.4 Å². The molecular weight excluding hydrogens is 287 g/mol. The third kappa shape index (κ3) is 5.85. The van der Waals surface area contributed by atoms with E-state index < -0.39 is 17.7 Å². The summed E-state index contributed by atoms with van der Waals surface area (Å²) < 4.78 is 37.3. The first kappa shape index (κ1) is 17.0. The molecule has 4 nitrogen and oxygen atoms in total. The maximum Gasteiger partial charge on any atom is 0.416 e. The van der Waals surface area contributed by atoms with Crippen LogP contribution in [0.1, 0.15) is 36.8 Å². The molecule has 0 unspecified atom stereocenters. The van der Waals surface area contributed by atoms with E-state index in [-0.39, 0.29) is 31.2 Å². The van der Waals surface area contributed by atoms with Crippen LogP contribution in [0.3, 0.4) is 0 Å². The van der Waals surface area contributed by atoms with Gasteiger partial charge in [-0.2, -0.15) is 13.2 Å². The number of hydrogen-bond donors (Lipinski definition) is 2. The number of rotatable bonds is 6. The molecule has 0 aliphatic heterocycles. The van der Waals surface area contributed by atoms with E-state index in [9.17, 15) is 22.8 Å². The number of aliphatic carboxylic acids is 1. The summed E-state index contributed by atoms with van der Waals surface area (Å²) >= 11 is 0. The van der Waals surface area contributed by atoms with Crippen LogP contribution in [0, 0.1) is 0 Å². The van der Waals surface area contributed by atoms with Crippen LogP contribution in [-0.2, 0) is 15.8 Å². The van der Waals surface area contributed by atoms with Gasteiger partial charge in [-0.15, -0.1) is 0 Å². The van der Waals surface area contributed by atoms with E-state index in [1.807, 2.05) is 0 Å². The molecule has 0 bridgehead atoms. The minimum Gasteiger partial charge on any atom is -0.481 e. The molecule has 7 heteroatoms. The SMILES string of the molecule is C[C@H](CC(=O)NCCC(=O)O)c1ccc(C(F)(F)F)cc1. The fraction of sp³-hybridized carbons (Fsp3) is 0.429. The maximum atomic E-state index is 12.4. The molecule has 1 atom stereocenters. The summed E-state index contributed by atoms with van der Waals surface area (Å²) in [6, 6.07) is 4.65. The fourth-order valence-corrected chi connectivity index (χ4v) is 1.78. The number of nitrogens with one attached hydrogen (secondary N) is 1. The molecule has 1 aromatic rings. The highest BCUT2D eigenvalue weighted by Gasteiger charge is 2.30. The molecular formula is C14H16F3NO3. The second kappa shape index (κ2) is 7.10. The molecule has 0 heterocycles. The summed E-state index contributed by atoms with van der Waals surface area (Å²) in [7, 11) is 0. The molecule has 0 aliphatic carbocycles. The second-order valence-electron chi connectivity index (χ2n) is 4.72. The molecule has 2 N–H and O–H groups in total. The molecule has 0 radical (unpaired) electrons. The molecule has 0 saturated heterocycles. The van der Waals surface area contributed by atoms with Crippen LogP contribution in [0.2, 0.25) is 0 Å². The lowest BCUT2D eigenvalue weighted by molar-refractivity contribution is -0.138. The zero-order chi connectivity index (χ0) is 16.0. The monoisotopic (exact) mass is 303 g/mol. The van der Waals surface area contributed by atoms with Crippen LogP contribution < -0.4 is 5.32 Å². The molecule has 1 amide bonds. The van der Waals surface area contributed by atoms with E-state index in [0.29, 0.717) is 5.56 Å². The summed E-state index contributed by atoms with van der Waals surface area (Å²) in [5.41, 5.74) is -0.110. The quantitative estimate of drug-likeness (QED) is 0.849. The minimum atomic E-state index is -4.38. The first-order valence-corrected chi connectivity index (χ1v) is 6.36. The lowest BCUT2D eigenvalue weighted by Crippen LogP contribution is -2.26. The Morgan fingerprint density at radius 1 is 1.24 bits per heavy atom. The van der Waals surface area contributed by atoms with Crippen molar-refractivity contribution in [2.45, 2.75) is 31.9 Å². The molecule has 0 spiro atoms. The molecule has 0 fully saturated rings. The van der Waals surface area contributed by atoms with Crippen molar-refractivity contribution in [3.05, 3.63) is 35.4 Å². The van der Waals surface area contributed by atoms with E-state index in [2.05, 4.69) is 5.32 Å². The average Bonchev–Trinajstić information content (AvgIpc) is 2.37. The lowest BCUT2D eigenvalue weighted by atomic mass is 9.96. The predicted octanol–water partition coefficient (Wildman–Crippen LogP) is 2.79. The van der Waals surface area contributed by atoms with Crippen LogP contribution in [-0.4, -0.2) is 23.5 Å². The van der Waals surface area contributed by atoms with E-state index in [4.69, 9.17) is 5.11 Å². The maximum absolute atomic E-state index is 12.4. The highest BCUT2D eigenvalue weighted by Crippen LogP contribution is 2.30. The van der Waals surface area contributed by atoms with E-state index in [1.165, 1.54) is 12.1 Å².